The van der Waals surface area contributed by atoms with E-state index in [9.17, 15) is 9.90 Å². The van der Waals surface area contributed by atoms with E-state index in [4.69, 9.17) is 16.3 Å². The molecule has 0 aliphatic heterocycles. The van der Waals surface area contributed by atoms with Crippen LogP contribution in [0.2, 0.25) is 5.02 Å². The number of carbonyl (C=O) groups excluding carboxylic acids is 1. The first kappa shape index (κ1) is 28.1. The van der Waals surface area contributed by atoms with Crippen molar-refractivity contribution in [2.75, 3.05) is 40.3 Å². The van der Waals surface area contributed by atoms with Crippen molar-refractivity contribution in [3.8, 4) is 11.5 Å². The second-order valence-electron chi connectivity index (χ2n) is 9.48. The first-order chi connectivity index (χ1) is 18.9. The zero-order valence-corrected chi connectivity index (χ0v) is 22.9. The number of hydrazone groups is 1. The summed E-state index contributed by atoms with van der Waals surface area (Å²) >= 11 is 5.90. The summed E-state index contributed by atoms with van der Waals surface area (Å²) < 4.78 is 6.27. The lowest BCUT2D eigenvalue weighted by Gasteiger charge is -2.24. The molecule has 39 heavy (non-hydrogen) atoms. The van der Waals surface area contributed by atoms with Gasteiger partial charge in [0.15, 0.2) is 0 Å². The van der Waals surface area contributed by atoms with Crippen LogP contribution in [0.4, 0.5) is 0 Å². The van der Waals surface area contributed by atoms with Crippen molar-refractivity contribution in [3.05, 3.63) is 107 Å². The fourth-order valence-electron chi connectivity index (χ4n) is 4.14. The number of aromatic hydroxyl groups is 1. The van der Waals surface area contributed by atoms with Crippen LogP contribution in [0.3, 0.4) is 0 Å². The molecule has 0 aliphatic carbocycles. The summed E-state index contributed by atoms with van der Waals surface area (Å²) in [5, 5.41) is 15.7. The molecular formula is C31H33ClN4O3. The van der Waals surface area contributed by atoms with Crippen LogP contribution in [0.25, 0.3) is 10.8 Å². The summed E-state index contributed by atoms with van der Waals surface area (Å²) in [5.74, 6) is 0.299. The Bertz CT molecular complexity index is 1430. The molecule has 0 saturated carbocycles. The van der Waals surface area contributed by atoms with Crippen molar-refractivity contribution in [3.63, 3.8) is 0 Å². The average Bonchev–Trinajstić information content (AvgIpc) is 2.94. The third-order valence-electron chi connectivity index (χ3n) is 6.27. The molecule has 0 heterocycles. The number of amides is 1. The normalized spacial score (nSPS) is 11.5. The number of nitrogens with zero attached hydrogens (tertiary/aromatic N) is 3. The number of hydrogen-bond donors (Lipinski definition) is 2. The summed E-state index contributed by atoms with van der Waals surface area (Å²) in [7, 11) is 4.17. The Kier molecular flexibility index (Phi) is 9.91. The van der Waals surface area contributed by atoms with E-state index in [1.54, 1.807) is 6.21 Å². The van der Waals surface area contributed by atoms with Gasteiger partial charge in [-0.2, -0.15) is 5.10 Å². The number of likely N-dealkylation sites (N-methyl/N-ethyl adjacent to an activating group) is 1. The number of fused-ring (bicyclic) bond motifs is 1. The highest BCUT2D eigenvalue weighted by atomic mass is 35.5. The maximum Gasteiger partial charge on any atom is 0.271 e. The number of halogens is 1. The lowest BCUT2D eigenvalue weighted by molar-refractivity contribution is 0.0955. The molecule has 4 aromatic rings. The number of phenolic OH excluding ortho intramolecular Hbond substituents is 1. The number of benzene rings is 4. The van der Waals surface area contributed by atoms with Crippen molar-refractivity contribution in [1.29, 1.82) is 0 Å². The Morgan fingerprint density at radius 3 is 2.44 bits per heavy atom. The minimum Gasteiger partial charge on any atom is -0.506 e. The summed E-state index contributed by atoms with van der Waals surface area (Å²) in [4.78, 5) is 17.0. The largest absolute Gasteiger partial charge is 0.506 e. The maximum atomic E-state index is 12.4. The second kappa shape index (κ2) is 13.8. The molecule has 0 fully saturated rings. The van der Waals surface area contributed by atoms with E-state index in [1.165, 1.54) is 23.8 Å². The molecule has 0 bridgehead atoms. The third kappa shape index (κ3) is 8.04. The Morgan fingerprint density at radius 2 is 1.69 bits per heavy atom. The van der Waals surface area contributed by atoms with Crippen molar-refractivity contribution in [2.45, 2.75) is 6.54 Å². The highest BCUT2D eigenvalue weighted by Gasteiger charge is 2.11. The van der Waals surface area contributed by atoms with Gasteiger partial charge in [0.05, 0.1) is 11.2 Å². The van der Waals surface area contributed by atoms with Crippen molar-refractivity contribution >= 4 is 34.5 Å². The van der Waals surface area contributed by atoms with Crippen LogP contribution >= 0.6 is 11.6 Å². The molecule has 0 atom stereocenters. The van der Waals surface area contributed by atoms with Crippen LogP contribution < -0.4 is 10.2 Å². The Labute approximate surface area is 234 Å². The van der Waals surface area contributed by atoms with E-state index < -0.39 is 5.91 Å². The highest BCUT2D eigenvalue weighted by molar-refractivity contribution is 6.32. The molecule has 0 spiro atoms. The predicted molar refractivity (Wildman–Crippen MR) is 158 cm³/mol. The number of carbonyl (C=O) groups is 1. The topological polar surface area (TPSA) is 77.4 Å². The van der Waals surface area contributed by atoms with Gasteiger partial charge in [0.1, 0.15) is 18.1 Å². The molecule has 0 radical (unpaired) electrons. The van der Waals surface area contributed by atoms with Gasteiger partial charge in [-0.1, -0.05) is 66.2 Å². The van der Waals surface area contributed by atoms with Gasteiger partial charge < -0.3 is 14.7 Å². The van der Waals surface area contributed by atoms with Crippen LogP contribution in [-0.4, -0.2) is 67.4 Å². The smallest absolute Gasteiger partial charge is 0.271 e. The molecule has 4 rings (SSSR count). The second-order valence-corrected chi connectivity index (χ2v) is 9.88. The fourth-order valence-corrected chi connectivity index (χ4v) is 4.32. The average molecular weight is 545 g/mol. The lowest BCUT2D eigenvalue weighted by atomic mass is 10.0. The zero-order chi connectivity index (χ0) is 27.6. The number of nitrogens with one attached hydrogen (secondary N) is 1. The molecular weight excluding hydrogens is 512 g/mol. The standard InChI is InChI=1S/C31H33ClN4O3/c1-35(2)16-17-36(22-23-8-4-3-5-9-23)18-19-39-30-15-13-25(26-10-6-7-11-27(26)30)21-33-34-31(38)24-12-14-29(37)28(32)20-24/h3-15,20-21,37H,16-19,22H2,1-2H3,(H,34,38). The fraction of sp³-hybridized carbons (Fsp3) is 0.226. The summed E-state index contributed by atoms with van der Waals surface area (Å²) in [5.41, 5.74) is 4.94. The summed E-state index contributed by atoms with van der Waals surface area (Å²) in [6, 6.07) is 26.6. The Hall–Kier alpha value is -3.91. The molecule has 7 nitrogen and oxygen atoms in total. The molecule has 0 unspecified atom stereocenters. The van der Waals surface area contributed by atoms with E-state index in [2.05, 4.69) is 58.7 Å². The quantitative estimate of drug-likeness (QED) is 0.184. The maximum absolute atomic E-state index is 12.4. The number of phenols is 1. The Morgan fingerprint density at radius 1 is 0.949 bits per heavy atom. The van der Waals surface area contributed by atoms with Crippen molar-refractivity contribution < 1.29 is 14.6 Å². The van der Waals surface area contributed by atoms with E-state index in [0.29, 0.717) is 12.2 Å². The van der Waals surface area contributed by atoms with E-state index in [0.717, 1.165) is 48.3 Å². The first-order valence-electron chi connectivity index (χ1n) is 12.8. The molecule has 8 heteroatoms. The molecule has 0 aliphatic rings. The number of hydrogen-bond acceptors (Lipinski definition) is 6. The van der Waals surface area contributed by atoms with Gasteiger partial charge in [0.2, 0.25) is 0 Å². The molecule has 2 N–H and O–H groups in total. The van der Waals surface area contributed by atoms with Crippen molar-refractivity contribution in [2.24, 2.45) is 5.10 Å². The first-order valence-corrected chi connectivity index (χ1v) is 13.2. The minimum absolute atomic E-state index is 0.0806. The van der Waals surface area contributed by atoms with Crippen LogP contribution in [0.15, 0.2) is 90.0 Å². The van der Waals surface area contributed by atoms with E-state index in [1.807, 2.05) is 42.5 Å². The highest BCUT2D eigenvalue weighted by Crippen LogP contribution is 2.28. The van der Waals surface area contributed by atoms with Gasteiger partial charge in [-0.3, -0.25) is 9.69 Å². The molecule has 0 saturated heterocycles. The van der Waals surface area contributed by atoms with Crippen LogP contribution in [-0.2, 0) is 6.54 Å². The van der Waals surface area contributed by atoms with E-state index >= 15 is 0 Å². The van der Waals surface area contributed by atoms with Crippen molar-refractivity contribution in [1.82, 2.24) is 15.2 Å². The van der Waals surface area contributed by atoms with Crippen LogP contribution in [0, 0.1) is 0 Å². The lowest BCUT2D eigenvalue weighted by Crippen LogP contribution is -2.34. The molecule has 0 aromatic heterocycles. The zero-order valence-electron chi connectivity index (χ0n) is 22.2. The SMILES string of the molecule is CN(C)CCN(CCOc1ccc(C=NNC(=O)c2ccc(O)c(Cl)c2)c2ccccc12)Cc1ccccc1. The number of ether oxygens (including phenoxy) is 1. The molecule has 202 valence electrons. The van der Waals surface area contributed by atoms with Gasteiger partial charge >= 0.3 is 0 Å². The van der Waals surface area contributed by atoms with Gasteiger partial charge in [-0.15, -0.1) is 0 Å². The predicted octanol–water partition coefficient (Wildman–Crippen LogP) is 5.41. The van der Waals surface area contributed by atoms with Gasteiger partial charge in [-0.05, 0) is 55.4 Å². The van der Waals surface area contributed by atoms with Gasteiger partial charge in [0, 0.05) is 42.7 Å². The monoisotopic (exact) mass is 544 g/mol. The van der Waals surface area contributed by atoms with Gasteiger partial charge in [-0.25, -0.2) is 5.43 Å². The Balaban J connectivity index is 1.41. The summed E-state index contributed by atoms with van der Waals surface area (Å²) in [6.07, 6.45) is 1.61. The number of rotatable bonds is 12. The molecule has 4 aromatic carbocycles. The van der Waals surface area contributed by atoms with Gasteiger partial charge in [0.25, 0.3) is 5.91 Å². The van der Waals surface area contributed by atoms with Crippen LogP contribution in [0.1, 0.15) is 21.5 Å². The minimum atomic E-state index is -0.424. The molecule has 1 amide bonds. The third-order valence-corrected chi connectivity index (χ3v) is 6.58. The summed E-state index contributed by atoms with van der Waals surface area (Å²) in [6.45, 7) is 4.15. The van der Waals surface area contributed by atoms with Crippen LogP contribution in [0.5, 0.6) is 11.5 Å². The van der Waals surface area contributed by atoms with E-state index in [-0.39, 0.29) is 10.8 Å².